The quantitative estimate of drug-likeness (QED) is 0.627. The van der Waals surface area contributed by atoms with E-state index >= 15 is 0 Å². The maximum absolute atomic E-state index is 6.71. The van der Waals surface area contributed by atoms with Gasteiger partial charge in [0, 0.05) is 49.4 Å². The Morgan fingerprint density at radius 1 is 1.06 bits per heavy atom. The van der Waals surface area contributed by atoms with Crippen LogP contribution < -0.4 is 19.7 Å². The summed E-state index contributed by atoms with van der Waals surface area (Å²) in [7, 11) is 1.74. The highest BCUT2D eigenvalue weighted by Crippen LogP contribution is 2.55. The number of hydrogen-bond donors (Lipinski definition) is 1. The third kappa shape index (κ3) is 4.21. The van der Waals surface area contributed by atoms with Crippen LogP contribution >= 0.6 is 0 Å². The molecule has 35 heavy (non-hydrogen) atoms. The number of ether oxygens (including phenoxy) is 2. The minimum absolute atomic E-state index is 0.162. The van der Waals surface area contributed by atoms with Crippen LogP contribution in [0.25, 0.3) is 0 Å². The lowest BCUT2D eigenvalue weighted by Gasteiger charge is -2.41. The van der Waals surface area contributed by atoms with Gasteiger partial charge in [-0.05, 0) is 101 Å². The van der Waals surface area contributed by atoms with Crippen LogP contribution in [0.4, 0.5) is 5.69 Å². The number of hydrogen-bond acceptors (Lipinski definition) is 5. The molecule has 3 heterocycles. The van der Waals surface area contributed by atoms with Crippen LogP contribution in [0.1, 0.15) is 67.0 Å². The first kappa shape index (κ1) is 24.5. The molecule has 5 heteroatoms. The van der Waals surface area contributed by atoms with Crippen molar-refractivity contribution in [3.05, 3.63) is 52.1 Å². The Balaban J connectivity index is 1.41. The van der Waals surface area contributed by atoms with E-state index < -0.39 is 0 Å². The average Bonchev–Trinajstić information content (AvgIpc) is 3.48. The third-order valence-corrected chi connectivity index (χ3v) is 9.01. The predicted octanol–water partition coefficient (Wildman–Crippen LogP) is 5.37. The van der Waals surface area contributed by atoms with Crippen molar-refractivity contribution in [3.63, 3.8) is 0 Å². The predicted molar refractivity (Wildman–Crippen MR) is 144 cm³/mol. The van der Waals surface area contributed by atoms with Gasteiger partial charge in [0.1, 0.15) is 17.1 Å². The van der Waals surface area contributed by atoms with Crippen molar-refractivity contribution in [1.29, 1.82) is 0 Å². The zero-order valence-electron chi connectivity index (χ0n) is 22.7. The molecule has 0 amide bonds. The largest absolute Gasteiger partial charge is 0.497 e. The first-order chi connectivity index (χ1) is 16.7. The molecule has 190 valence electrons. The molecule has 0 radical (unpaired) electrons. The third-order valence-electron chi connectivity index (χ3n) is 9.01. The molecule has 0 bridgehead atoms. The summed E-state index contributed by atoms with van der Waals surface area (Å²) in [6, 6.07) is 8.90. The van der Waals surface area contributed by atoms with Gasteiger partial charge in [0.25, 0.3) is 0 Å². The highest BCUT2D eigenvalue weighted by atomic mass is 16.5. The van der Waals surface area contributed by atoms with Crippen LogP contribution in [-0.4, -0.2) is 56.9 Å². The molecule has 3 atom stereocenters. The van der Waals surface area contributed by atoms with Gasteiger partial charge in [-0.25, -0.2) is 0 Å². The molecule has 0 spiro atoms. The van der Waals surface area contributed by atoms with Crippen molar-refractivity contribution < 1.29 is 9.47 Å². The van der Waals surface area contributed by atoms with Crippen LogP contribution in [0.5, 0.6) is 11.5 Å². The molecule has 0 saturated carbocycles. The number of fused-ring (bicyclic) bond motifs is 1. The normalized spacial score (nSPS) is 24.8. The molecule has 2 saturated heterocycles. The van der Waals surface area contributed by atoms with Gasteiger partial charge in [-0.1, -0.05) is 12.1 Å². The van der Waals surface area contributed by atoms with Crippen molar-refractivity contribution in [2.75, 3.05) is 51.3 Å². The maximum Gasteiger partial charge on any atom is 0.127 e. The second-order valence-electron chi connectivity index (χ2n) is 11.4. The van der Waals surface area contributed by atoms with E-state index in [4.69, 9.17) is 9.47 Å². The maximum atomic E-state index is 6.71. The summed E-state index contributed by atoms with van der Waals surface area (Å²) in [4.78, 5) is 5.25. The van der Waals surface area contributed by atoms with Gasteiger partial charge in [0.05, 0.1) is 7.11 Å². The fourth-order valence-corrected chi connectivity index (χ4v) is 6.99. The molecule has 1 N–H and O–H groups in total. The van der Waals surface area contributed by atoms with Gasteiger partial charge in [-0.2, -0.15) is 0 Å². The second-order valence-corrected chi connectivity index (χ2v) is 11.4. The van der Waals surface area contributed by atoms with Crippen molar-refractivity contribution in [3.8, 4) is 11.5 Å². The summed E-state index contributed by atoms with van der Waals surface area (Å²) in [5.41, 5.74) is 8.25. The van der Waals surface area contributed by atoms with Crippen LogP contribution in [0.15, 0.2) is 24.3 Å². The standard InChI is InChI=1S/C30H43N3O2/c1-19-20(2)29-26(27(30(5,6)35-29)24-11-12-31-18-24)21(3)28(19)33-15-13-32(14-16-33)22(4)23-9-8-10-25(17-23)34-7/h8-10,17,22,24,27,31H,11-16,18H2,1-7H3. The number of piperazine rings is 1. The van der Waals surface area contributed by atoms with E-state index in [-0.39, 0.29) is 5.60 Å². The van der Waals surface area contributed by atoms with Crippen LogP contribution in [0.2, 0.25) is 0 Å². The zero-order valence-corrected chi connectivity index (χ0v) is 22.7. The van der Waals surface area contributed by atoms with Crippen molar-refractivity contribution in [2.24, 2.45) is 5.92 Å². The van der Waals surface area contributed by atoms with E-state index in [1.165, 1.54) is 39.9 Å². The fraction of sp³-hybridized carbons (Fsp3) is 0.600. The first-order valence-electron chi connectivity index (χ1n) is 13.4. The minimum Gasteiger partial charge on any atom is -0.497 e. The van der Waals surface area contributed by atoms with E-state index in [1.54, 1.807) is 7.11 Å². The van der Waals surface area contributed by atoms with Crippen molar-refractivity contribution in [2.45, 2.75) is 65.5 Å². The van der Waals surface area contributed by atoms with Gasteiger partial charge in [0.15, 0.2) is 0 Å². The molecule has 2 fully saturated rings. The molecule has 3 unspecified atom stereocenters. The van der Waals surface area contributed by atoms with Gasteiger partial charge in [0.2, 0.25) is 0 Å². The molecule has 3 aliphatic rings. The zero-order chi connectivity index (χ0) is 24.9. The van der Waals surface area contributed by atoms with Crippen LogP contribution in [0.3, 0.4) is 0 Å². The summed E-state index contributed by atoms with van der Waals surface area (Å²) in [5, 5.41) is 3.60. The summed E-state index contributed by atoms with van der Waals surface area (Å²) in [6.45, 7) is 20.3. The molecular weight excluding hydrogens is 434 g/mol. The summed E-state index contributed by atoms with van der Waals surface area (Å²) in [5.74, 6) is 3.18. The molecular formula is C30H43N3O2. The Hall–Kier alpha value is -2.24. The van der Waals surface area contributed by atoms with E-state index in [1.807, 2.05) is 6.07 Å². The van der Waals surface area contributed by atoms with Gasteiger partial charge in [-0.3, -0.25) is 4.90 Å². The van der Waals surface area contributed by atoms with Gasteiger partial charge < -0.3 is 19.7 Å². The lowest BCUT2D eigenvalue weighted by molar-refractivity contribution is 0.0884. The Bertz CT molecular complexity index is 1080. The van der Waals surface area contributed by atoms with Crippen molar-refractivity contribution in [1.82, 2.24) is 10.2 Å². The Morgan fingerprint density at radius 2 is 1.80 bits per heavy atom. The molecule has 0 aromatic heterocycles. The monoisotopic (exact) mass is 477 g/mol. The van der Waals surface area contributed by atoms with Crippen LogP contribution in [-0.2, 0) is 0 Å². The Kier molecular flexibility index (Phi) is 6.52. The highest BCUT2D eigenvalue weighted by Gasteiger charge is 2.48. The Morgan fingerprint density at radius 3 is 2.46 bits per heavy atom. The van der Waals surface area contributed by atoms with E-state index in [2.05, 4.69) is 74.9 Å². The lowest BCUT2D eigenvalue weighted by atomic mass is 9.74. The first-order valence-corrected chi connectivity index (χ1v) is 13.4. The van der Waals surface area contributed by atoms with Crippen LogP contribution in [0, 0.1) is 26.7 Å². The second kappa shape index (κ2) is 9.33. The number of benzene rings is 2. The van der Waals surface area contributed by atoms with Gasteiger partial charge >= 0.3 is 0 Å². The number of rotatable bonds is 5. The van der Waals surface area contributed by atoms with Gasteiger partial charge in [-0.15, -0.1) is 0 Å². The number of methoxy groups -OCH3 is 1. The minimum atomic E-state index is -0.162. The molecule has 3 aliphatic heterocycles. The fourth-order valence-electron chi connectivity index (χ4n) is 6.99. The summed E-state index contributed by atoms with van der Waals surface area (Å²) in [6.07, 6.45) is 1.24. The molecule has 2 aromatic carbocycles. The molecule has 5 rings (SSSR count). The average molecular weight is 478 g/mol. The van der Waals surface area contributed by atoms with E-state index in [9.17, 15) is 0 Å². The number of anilines is 1. The van der Waals surface area contributed by atoms with E-state index in [0.29, 0.717) is 17.9 Å². The molecule has 0 aliphatic carbocycles. The van der Waals surface area contributed by atoms with Crippen molar-refractivity contribution >= 4 is 5.69 Å². The number of nitrogens with one attached hydrogen (secondary N) is 1. The summed E-state index contributed by atoms with van der Waals surface area (Å²) < 4.78 is 12.2. The smallest absolute Gasteiger partial charge is 0.127 e. The molecule has 2 aromatic rings. The topological polar surface area (TPSA) is 37.0 Å². The van der Waals surface area contributed by atoms with E-state index in [0.717, 1.165) is 50.8 Å². The summed E-state index contributed by atoms with van der Waals surface area (Å²) >= 11 is 0. The lowest BCUT2D eigenvalue weighted by Crippen LogP contribution is -2.47. The highest BCUT2D eigenvalue weighted by molar-refractivity contribution is 5.71. The number of nitrogens with zero attached hydrogens (tertiary/aromatic N) is 2. The SMILES string of the molecule is COc1cccc(C(C)N2CCN(c3c(C)c(C)c4c(c3C)C(C3CCNC3)C(C)(C)O4)CC2)c1. The Labute approximate surface area is 211 Å². The molecule has 5 nitrogen and oxygen atoms in total.